The van der Waals surface area contributed by atoms with E-state index in [2.05, 4.69) is 27.0 Å². The third kappa shape index (κ3) is 6.37. The Morgan fingerprint density at radius 1 is 1.25 bits per heavy atom. The highest BCUT2D eigenvalue weighted by molar-refractivity contribution is 5.94. The van der Waals surface area contributed by atoms with Gasteiger partial charge in [0.1, 0.15) is 6.10 Å². The summed E-state index contributed by atoms with van der Waals surface area (Å²) in [4.78, 5) is 16.5. The van der Waals surface area contributed by atoms with Gasteiger partial charge >= 0.3 is 0 Å². The van der Waals surface area contributed by atoms with Crippen molar-refractivity contribution < 1.29 is 9.53 Å². The number of benzene rings is 1. The molecule has 3 rings (SSSR count). The molecule has 0 spiro atoms. The maximum Gasteiger partial charge on any atom is 0.253 e. The highest BCUT2D eigenvalue weighted by Gasteiger charge is 2.23. The minimum atomic E-state index is -0.316. The lowest BCUT2D eigenvalue weighted by Gasteiger charge is -2.15. The van der Waals surface area contributed by atoms with Crippen LogP contribution >= 0.6 is 0 Å². The molecule has 1 aliphatic heterocycles. The van der Waals surface area contributed by atoms with Gasteiger partial charge in [-0.15, -0.1) is 0 Å². The third-order valence-corrected chi connectivity index (χ3v) is 5.22. The molecule has 0 bridgehead atoms. The number of rotatable bonds is 7. The molecule has 1 aliphatic carbocycles. The minimum absolute atomic E-state index is 0.0582. The molecule has 6 heteroatoms. The zero-order chi connectivity index (χ0) is 19.6. The van der Waals surface area contributed by atoms with Crippen molar-refractivity contribution in [3.05, 3.63) is 41.5 Å². The number of ether oxygens (including phenoxy) is 1. The molecule has 152 valence electrons. The summed E-state index contributed by atoms with van der Waals surface area (Å²) in [6.07, 6.45) is 10.00. The summed E-state index contributed by atoms with van der Waals surface area (Å²) < 4.78 is 5.44. The second-order valence-corrected chi connectivity index (χ2v) is 7.40. The molecule has 0 aromatic heterocycles. The van der Waals surface area contributed by atoms with Crippen molar-refractivity contribution in [2.24, 2.45) is 4.99 Å². The number of hydrogen-bond acceptors (Lipinski definition) is 3. The first kappa shape index (κ1) is 20.4. The van der Waals surface area contributed by atoms with E-state index in [1.807, 2.05) is 24.3 Å². The number of nitrogens with one attached hydrogen (secondary N) is 3. The van der Waals surface area contributed by atoms with Crippen LogP contribution in [-0.4, -0.2) is 38.2 Å². The van der Waals surface area contributed by atoms with E-state index < -0.39 is 0 Å². The summed E-state index contributed by atoms with van der Waals surface area (Å²) in [5.74, 6) is 0.738. The molecule has 2 aliphatic rings. The molecule has 0 saturated carbocycles. The number of allylic oxidation sites excluding steroid dienone is 1. The standard InChI is InChI=1S/C22H32N4O2/c1-23-22(24-13-12-17-7-3-2-4-8-17)25-16-18-9-5-10-19(15-18)26-21(27)20-11-6-14-28-20/h5,7,9-10,15,20H,2-4,6,8,11-14,16H2,1H3,(H,26,27)(H2,23,24,25). The van der Waals surface area contributed by atoms with Crippen molar-refractivity contribution in [3.63, 3.8) is 0 Å². The smallest absolute Gasteiger partial charge is 0.253 e. The molecular weight excluding hydrogens is 352 g/mol. The Labute approximate surface area is 167 Å². The number of guanidine groups is 1. The summed E-state index contributed by atoms with van der Waals surface area (Å²) in [6, 6.07) is 7.88. The highest BCUT2D eigenvalue weighted by atomic mass is 16.5. The van der Waals surface area contributed by atoms with Gasteiger partial charge in [0, 0.05) is 32.4 Å². The summed E-state index contributed by atoms with van der Waals surface area (Å²) in [5, 5.41) is 9.68. The fourth-order valence-electron chi connectivity index (χ4n) is 3.65. The molecule has 1 amide bonds. The summed E-state index contributed by atoms with van der Waals surface area (Å²) >= 11 is 0. The zero-order valence-electron chi connectivity index (χ0n) is 16.8. The maximum atomic E-state index is 12.2. The van der Waals surface area contributed by atoms with Crippen LogP contribution in [0, 0.1) is 0 Å². The van der Waals surface area contributed by atoms with E-state index in [0.717, 1.165) is 43.0 Å². The Kier molecular flexibility index (Phi) is 7.91. The van der Waals surface area contributed by atoms with E-state index in [1.54, 1.807) is 12.6 Å². The first-order chi connectivity index (χ1) is 13.7. The SMILES string of the molecule is CN=C(NCCC1=CCCCC1)NCc1cccc(NC(=O)C2CCCO2)c1. The van der Waals surface area contributed by atoms with Gasteiger partial charge in [-0.05, 0) is 62.6 Å². The van der Waals surface area contributed by atoms with Gasteiger partial charge in [0.15, 0.2) is 5.96 Å². The molecule has 6 nitrogen and oxygen atoms in total. The normalized spacial score (nSPS) is 19.8. The summed E-state index contributed by atoms with van der Waals surface area (Å²) in [6.45, 7) is 2.21. The highest BCUT2D eigenvalue weighted by Crippen LogP contribution is 2.19. The van der Waals surface area contributed by atoms with Gasteiger partial charge in [-0.25, -0.2) is 0 Å². The van der Waals surface area contributed by atoms with Crippen LogP contribution in [0.25, 0.3) is 0 Å². The van der Waals surface area contributed by atoms with Crippen molar-refractivity contribution >= 4 is 17.6 Å². The lowest BCUT2D eigenvalue weighted by atomic mass is 9.97. The molecule has 1 aromatic carbocycles. The van der Waals surface area contributed by atoms with E-state index in [4.69, 9.17) is 4.74 Å². The molecule has 1 saturated heterocycles. The van der Waals surface area contributed by atoms with E-state index in [-0.39, 0.29) is 12.0 Å². The Bertz CT molecular complexity index is 708. The molecular formula is C22H32N4O2. The number of hydrogen-bond donors (Lipinski definition) is 3. The van der Waals surface area contributed by atoms with Crippen LogP contribution in [0.2, 0.25) is 0 Å². The number of nitrogens with zero attached hydrogens (tertiary/aromatic N) is 1. The van der Waals surface area contributed by atoms with Crippen molar-refractivity contribution in [2.75, 3.05) is 25.5 Å². The Morgan fingerprint density at radius 3 is 2.93 bits per heavy atom. The fraction of sp³-hybridized carbons (Fsp3) is 0.545. The lowest BCUT2D eigenvalue weighted by Crippen LogP contribution is -2.37. The summed E-state index contributed by atoms with van der Waals surface area (Å²) in [5.41, 5.74) is 3.44. The quantitative estimate of drug-likeness (QED) is 0.383. The van der Waals surface area contributed by atoms with E-state index in [1.165, 1.54) is 25.7 Å². The largest absolute Gasteiger partial charge is 0.368 e. The molecule has 1 atom stereocenters. The minimum Gasteiger partial charge on any atom is -0.368 e. The Hall–Kier alpha value is -2.34. The topological polar surface area (TPSA) is 74.8 Å². The van der Waals surface area contributed by atoms with Crippen LogP contribution in [0.15, 0.2) is 40.9 Å². The molecule has 1 fully saturated rings. The van der Waals surface area contributed by atoms with Gasteiger partial charge in [-0.1, -0.05) is 23.8 Å². The predicted molar refractivity (Wildman–Crippen MR) is 113 cm³/mol. The van der Waals surface area contributed by atoms with E-state index >= 15 is 0 Å². The van der Waals surface area contributed by atoms with Gasteiger partial charge in [0.2, 0.25) is 0 Å². The lowest BCUT2D eigenvalue weighted by molar-refractivity contribution is -0.124. The van der Waals surface area contributed by atoms with Crippen molar-refractivity contribution in [2.45, 2.75) is 57.6 Å². The second kappa shape index (κ2) is 10.9. The van der Waals surface area contributed by atoms with Gasteiger partial charge < -0.3 is 20.7 Å². The average Bonchev–Trinajstić information content (AvgIpc) is 3.27. The molecule has 3 N–H and O–H groups in total. The van der Waals surface area contributed by atoms with Crippen molar-refractivity contribution in [1.82, 2.24) is 10.6 Å². The monoisotopic (exact) mass is 384 g/mol. The van der Waals surface area contributed by atoms with Crippen LogP contribution in [0.3, 0.4) is 0 Å². The number of amides is 1. The number of anilines is 1. The summed E-state index contributed by atoms with van der Waals surface area (Å²) in [7, 11) is 1.79. The fourth-order valence-corrected chi connectivity index (χ4v) is 3.65. The van der Waals surface area contributed by atoms with E-state index in [9.17, 15) is 4.79 Å². The van der Waals surface area contributed by atoms with Crippen LogP contribution in [0.1, 0.15) is 50.5 Å². The number of carbonyl (C=O) groups is 1. The maximum absolute atomic E-state index is 12.2. The van der Waals surface area contributed by atoms with Gasteiger partial charge in [0.05, 0.1) is 0 Å². The second-order valence-electron chi connectivity index (χ2n) is 7.40. The first-order valence-corrected chi connectivity index (χ1v) is 10.4. The number of aliphatic imine (C=N–C) groups is 1. The van der Waals surface area contributed by atoms with Crippen LogP contribution in [0.4, 0.5) is 5.69 Å². The third-order valence-electron chi connectivity index (χ3n) is 5.22. The van der Waals surface area contributed by atoms with Crippen LogP contribution in [-0.2, 0) is 16.1 Å². The Balaban J connectivity index is 1.43. The Morgan fingerprint density at radius 2 is 2.18 bits per heavy atom. The van der Waals surface area contributed by atoms with E-state index in [0.29, 0.717) is 13.2 Å². The molecule has 1 aromatic rings. The van der Waals surface area contributed by atoms with Crippen LogP contribution < -0.4 is 16.0 Å². The molecule has 1 unspecified atom stereocenters. The van der Waals surface area contributed by atoms with Crippen molar-refractivity contribution in [1.29, 1.82) is 0 Å². The van der Waals surface area contributed by atoms with Gasteiger partial charge in [-0.3, -0.25) is 9.79 Å². The molecule has 0 radical (unpaired) electrons. The van der Waals surface area contributed by atoms with Crippen LogP contribution in [0.5, 0.6) is 0 Å². The van der Waals surface area contributed by atoms with Crippen molar-refractivity contribution in [3.8, 4) is 0 Å². The number of carbonyl (C=O) groups excluding carboxylic acids is 1. The zero-order valence-corrected chi connectivity index (χ0v) is 16.8. The molecule has 1 heterocycles. The first-order valence-electron chi connectivity index (χ1n) is 10.4. The predicted octanol–water partition coefficient (Wildman–Crippen LogP) is 3.36. The van der Waals surface area contributed by atoms with Gasteiger partial charge in [-0.2, -0.15) is 0 Å². The van der Waals surface area contributed by atoms with Gasteiger partial charge in [0.25, 0.3) is 5.91 Å². The molecule has 28 heavy (non-hydrogen) atoms. The average molecular weight is 385 g/mol.